The Morgan fingerprint density at radius 1 is 1.10 bits per heavy atom. The Kier molecular flexibility index (Phi) is 6.52. The molecule has 21 heavy (non-hydrogen) atoms. The Bertz CT molecular complexity index is 501. The summed E-state index contributed by atoms with van der Waals surface area (Å²) in [6.45, 7) is 4.16. The van der Waals surface area contributed by atoms with E-state index in [9.17, 15) is 9.59 Å². The monoisotopic (exact) mass is 295 g/mol. The van der Waals surface area contributed by atoms with Gasteiger partial charge in [0.1, 0.15) is 6.54 Å². The van der Waals surface area contributed by atoms with Gasteiger partial charge in [0.05, 0.1) is 20.8 Å². The molecule has 1 aromatic rings. The second kappa shape index (κ2) is 8.14. The molecule has 0 bridgehead atoms. The molecule has 0 spiro atoms. The number of carbonyl (C=O) groups is 2. The lowest BCUT2D eigenvalue weighted by Gasteiger charge is -2.20. The van der Waals surface area contributed by atoms with E-state index in [4.69, 9.17) is 14.2 Å². The Hall–Kier alpha value is -2.24. The fraction of sp³-hybridized carbons (Fsp3) is 0.467. The number of ether oxygens (including phenoxy) is 3. The van der Waals surface area contributed by atoms with Crippen molar-refractivity contribution in [2.24, 2.45) is 0 Å². The number of hydrogen-bond donors (Lipinski definition) is 0. The number of benzene rings is 1. The number of esters is 1. The highest BCUT2D eigenvalue weighted by Gasteiger charge is 2.19. The zero-order valence-electron chi connectivity index (χ0n) is 12.8. The van der Waals surface area contributed by atoms with Gasteiger partial charge in [-0.25, -0.2) is 0 Å². The normalized spacial score (nSPS) is 9.90. The van der Waals surface area contributed by atoms with Crippen LogP contribution in [0.25, 0.3) is 0 Å². The van der Waals surface area contributed by atoms with Gasteiger partial charge in [0, 0.05) is 12.1 Å². The van der Waals surface area contributed by atoms with Crippen LogP contribution >= 0.6 is 0 Å². The van der Waals surface area contributed by atoms with E-state index >= 15 is 0 Å². The van der Waals surface area contributed by atoms with E-state index in [0.29, 0.717) is 30.2 Å². The summed E-state index contributed by atoms with van der Waals surface area (Å²) in [5.74, 6) is 0.331. The second-order valence-corrected chi connectivity index (χ2v) is 4.19. The largest absolute Gasteiger partial charge is 0.493 e. The maximum Gasteiger partial charge on any atom is 0.325 e. The lowest BCUT2D eigenvalue weighted by Crippen LogP contribution is -2.36. The molecule has 116 valence electrons. The number of carbonyl (C=O) groups excluding carboxylic acids is 2. The molecule has 0 fully saturated rings. The molecule has 1 aromatic carbocycles. The molecule has 0 heterocycles. The summed E-state index contributed by atoms with van der Waals surface area (Å²) in [6, 6.07) is 4.89. The summed E-state index contributed by atoms with van der Waals surface area (Å²) in [7, 11) is 3.03. The van der Waals surface area contributed by atoms with Crippen LogP contribution in [-0.4, -0.2) is 50.7 Å². The summed E-state index contributed by atoms with van der Waals surface area (Å²) >= 11 is 0. The third-order valence-corrected chi connectivity index (χ3v) is 2.92. The average molecular weight is 295 g/mol. The van der Waals surface area contributed by atoms with Gasteiger partial charge in [-0.1, -0.05) is 0 Å². The Morgan fingerprint density at radius 2 is 1.76 bits per heavy atom. The molecule has 0 atom stereocenters. The van der Waals surface area contributed by atoms with Crippen molar-refractivity contribution in [1.82, 2.24) is 4.90 Å². The van der Waals surface area contributed by atoms with Gasteiger partial charge in [-0.2, -0.15) is 0 Å². The minimum absolute atomic E-state index is 0.0719. The molecule has 0 radical (unpaired) electrons. The quantitative estimate of drug-likeness (QED) is 0.717. The lowest BCUT2D eigenvalue weighted by atomic mass is 10.1. The third kappa shape index (κ3) is 4.37. The minimum atomic E-state index is -0.423. The van der Waals surface area contributed by atoms with Crippen LogP contribution in [-0.2, 0) is 9.53 Å². The SMILES string of the molecule is CCOC(=O)CN(CC)C(=O)c1ccc(OC)c(OC)c1. The molecule has 0 aliphatic carbocycles. The lowest BCUT2D eigenvalue weighted by molar-refractivity contribution is -0.143. The van der Waals surface area contributed by atoms with Crippen LogP contribution in [0.4, 0.5) is 0 Å². The summed E-state index contributed by atoms with van der Waals surface area (Å²) in [6.07, 6.45) is 0. The van der Waals surface area contributed by atoms with Crippen LogP contribution in [0.3, 0.4) is 0 Å². The molecular weight excluding hydrogens is 274 g/mol. The average Bonchev–Trinajstić information content (AvgIpc) is 2.51. The number of amides is 1. The summed E-state index contributed by atoms with van der Waals surface area (Å²) < 4.78 is 15.2. The standard InChI is InChI=1S/C15H21NO5/c1-5-16(10-14(17)21-6-2)15(18)11-7-8-12(19-3)13(9-11)20-4/h7-9H,5-6,10H2,1-4H3. The predicted molar refractivity (Wildman–Crippen MR) is 77.8 cm³/mol. The smallest absolute Gasteiger partial charge is 0.325 e. The van der Waals surface area contributed by atoms with Crippen LogP contribution in [0.2, 0.25) is 0 Å². The first-order valence-electron chi connectivity index (χ1n) is 6.74. The molecule has 0 saturated heterocycles. The highest BCUT2D eigenvalue weighted by atomic mass is 16.5. The zero-order chi connectivity index (χ0) is 15.8. The highest BCUT2D eigenvalue weighted by Crippen LogP contribution is 2.28. The Balaban J connectivity index is 2.92. The van der Waals surface area contributed by atoms with Gasteiger partial charge in [0.25, 0.3) is 5.91 Å². The zero-order valence-corrected chi connectivity index (χ0v) is 12.8. The first-order chi connectivity index (χ1) is 10.1. The van der Waals surface area contributed by atoms with Gasteiger partial charge in [-0.05, 0) is 32.0 Å². The van der Waals surface area contributed by atoms with E-state index in [1.165, 1.54) is 19.1 Å². The maximum absolute atomic E-state index is 12.4. The fourth-order valence-corrected chi connectivity index (χ4v) is 1.84. The third-order valence-electron chi connectivity index (χ3n) is 2.92. The van der Waals surface area contributed by atoms with Gasteiger partial charge >= 0.3 is 5.97 Å². The molecule has 0 saturated carbocycles. The first kappa shape index (κ1) is 16.8. The van der Waals surface area contributed by atoms with Crippen molar-refractivity contribution < 1.29 is 23.8 Å². The van der Waals surface area contributed by atoms with Crippen molar-refractivity contribution >= 4 is 11.9 Å². The molecule has 0 N–H and O–H groups in total. The molecular formula is C15H21NO5. The van der Waals surface area contributed by atoms with E-state index in [2.05, 4.69) is 0 Å². The van der Waals surface area contributed by atoms with E-state index in [-0.39, 0.29) is 12.5 Å². The summed E-state index contributed by atoms with van der Waals surface area (Å²) in [4.78, 5) is 25.3. The van der Waals surface area contributed by atoms with Gasteiger partial charge < -0.3 is 19.1 Å². The van der Waals surface area contributed by atoms with Crippen molar-refractivity contribution in [3.8, 4) is 11.5 Å². The van der Waals surface area contributed by atoms with Crippen molar-refractivity contribution in [3.05, 3.63) is 23.8 Å². The molecule has 0 aliphatic rings. The molecule has 1 rings (SSSR count). The molecule has 0 unspecified atom stereocenters. The Labute approximate surface area is 124 Å². The van der Waals surface area contributed by atoms with Crippen LogP contribution in [0.5, 0.6) is 11.5 Å². The number of rotatable bonds is 7. The molecule has 1 amide bonds. The number of methoxy groups -OCH3 is 2. The molecule has 6 heteroatoms. The van der Waals surface area contributed by atoms with Crippen molar-refractivity contribution in [3.63, 3.8) is 0 Å². The number of nitrogens with zero attached hydrogens (tertiary/aromatic N) is 1. The maximum atomic E-state index is 12.4. The van der Waals surface area contributed by atoms with E-state index in [1.54, 1.807) is 32.0 Å². The second-order valence-electron chi connectivity index (χ2n) is 4.19. The first-order valence-corrected chi connectivity index (χ1v) is 6.74. The van der Waals surface area contributed by atoms with Gasteiger partial charge in [0.2, 0.25) is 0 Å². The van der Waals surface area contributed by atoms with Gasteiger partial charge in [-0.3, -0.25) is 9.59 Å². The van der Waals surface area contributed by atoms with E-state index in [1.807, 2.05) is 0 Å². The minimum Gasteiger partial charge on any atom is -0.493 e. The topological polar surface area (TPSA) is 65.1 Å². The van der Waals surface area contributed by atoms with Crippen molar-refractivity contribution in [2.75, 3.05) is 33.9 Å². The van der Waals surface area contributed by atoms with E-state index < -0.39 is 5.97 Å². The highest BCUT2D eigenvalue weighted by molar-refractivity contribution is 5.96. The van der Waals surface area contributed by atoms with Crippen LogP contribution < -0.4 is 9.47 Å². The predicted octanol–water partition coefficient (Wildman–Crippen LogP) is 1.73. The van der Waals surface area contributed by atoms with E-state index in [0.717, 1.165) is 0 Å². The summed E-state index contributed by atoms with van der Waals surface area (Å²) in [5, 5.41) is 0. The van der Waals surface area contributed by atoms with Gasteiger partial charge in [-0.15, -0.1) is 0 Å². The molecule has 6 nitrogen and oxygen atoms in total. The van der Waals surface area contributed by atoms with Gasteiger partial charge in [0.15, 0.2) is 11.5 Å². The summed E-state index contributed by atoms with van der Waals surface area (Å²) in [5.41, 5.74) is 0.429. The van der Waals surface area contributed by atoms with Crippen LogP contribution in [0.15, 0.2) is 18.2 Å². The van der Waals surface area contributed by atoms with Crippen LogP contribution in [0, 0.1) is 0 Å². The van der Waals surface area contributed by atoms with Crippen LogP contribution in [0.1, 0.15) is 24.2 Å². The fourth-order valence-electron chi connectivity index (χ4n) is 1.84. The number of likely N-dealkylation sites (N-methyl/N-ethyl adjacent to an activating group) is 1. The molecule has 0 aliphatic heterocycles. The van der Waals surface area contributed by atoms with Crippen molar-refractivity contribution in [1.29, 1.82) is 0 Å². The Morgan fingerprint density at radius 3 is 2.29 bits per heavy atom. The van der Waals surface area contributed by atoms with Crippen molar-refractivity contribution in [2.45, 2.75) is 13.8 Å². The number of hydrogen-bond acceptors (Lipinski definition) is 5. The molecule has 0 aromatic heterocycles.